The van der Waals surface area contributed by atoms with Crippen molar-refractivity contribution < 1.29 is 9.47 Å². The summed E-state index contributed by atoms with van der Waals surface area (Å²) in [6, 6.07) is 56.2. The van der Waals surface area contributed by atoms with Crippen LogP contribution in [0.2, 0.25) is 0 Å². The molecule has 3 aromatic heterocycles. The van der Waals surface area contributed by atoms with Gasteiger partial charge in [0.15, 0.2) is 41.2 Å². The zero-order valence-corrected chi connectivity index (χ0v) is 33.4. The molecule has 2 aliphatic rings. The Balaban J connectivity index is 1.10. The minimum Gasteiger partial charge on any atom is -0.478 e. The fraction of sp³-hybridized carbons (Fsp3) is 0.0364. The minimum atomic E-state index is -0.342. The van der Waals surface area contributed by atoms with Crippen LogP contribution in [-0.2, 0) is 0 Å². The van der Waals surface area contributed by atoms with Gasteiger partial charge in [-0.25, -0.2) is 15.0 Å². The quantitative estimate of drug-likeness (QED) is 0.151. The highest BCUT2D eigenvalue weighted by molar-refractivity contribution is 5.87. The highest BCUT2D eigenvalue weighted by atomic mass is 16.6. The van der Waals surface area contributed by atoms with Crippen molar-refractivity contribution in [3.63, 3.8) is 0 Å². The van der Waals surface area contributed by atoms with Gasteiger partial charge in [-0.1, -0.05) is 115 Å². The molecule has 62 heavy (non-hydrogen) atoms. The molecule has 1 aliphatic heterocycles. The zero-order chi connectivity index (χ0) is 41.2. The molecule has 0 saturated heterocycles. The predicted molar refractivity (Wildman–Crippen MR) is 246 cm³/mol. The second kappa shape index (κ2) is 16.0. The maximum Gasteiger partial charge on any atom is 0.174 e. The molecular weight excluding hydrogens is 763 g/mol. The summed E-state index contributed by atoms with van der Waals surface area (Å²) in [5.74, 6) is 2.78. The van der Waals surface area contributed by atoms with Gasteiger partial charge in [0, 0.05) is 41.5 Å². The lowest BCUT2D eigenvalue weighted by Crippen LogP contribution is -2.38. The molecule has 11 rings (SSSR count). The third kappa shape index (κ3) is 7.22. The van der Waals surface area contributed by atoms with Crippen molar-refractivity contribution in [2.75, 3.05) is 0 Å². The summed E-state index contributed by atoms with van der Waals surface area (Å²) in [6.45, 7) is 0. The highest BCUT2D eigenvalue weighted by Gasteiger charge is 2.34. The average molecular weight is 800 g/mol. The fourth-order valence-corrected chi connectivity index (χ4v) is 8.12. The number of aromatic nitrogens is 5. The van der Waals surface area contributed by atoms with E-state index in [1.807, 2.05) is 128 Å². The number of fused-ring (bicyclic) bond motifs is 2. The van der Waals surface area contributed by atoms with Gasteiger partial charge in [0.05, 0.1) is 5.56 Å². The molecule has 0 saturated carbocycles. The summed E-state index contributed by atoms with van der Waals surface area (Å²) < 4.78 is 13.9. The van der Waals surface area contributed by atoms with Gasteiger partial charge in [-0.3, -0.25) is 9.97 Å². The molecule has 0 N–H and O–H groups in total. The Labute approximate surface area is 359 Å². The molecular formula is C55H37N5O2. The Morgan fingerprint density at radius 2 is 0.726 bits per heavy atom. The second-order valence-electron chi connectivity index (χ2n) is 15.2. The van der Waals surface area contributed by atoms with Crippen LogP contribution in [0.3, 0.4) is 0 Å². The van der Waals surface area contributed by atoms with E-state index in [2.05, 4.69) is 94.9 Å². The molecule has 0 radical (unpaired) electrons. The average Bonchev–Trinajstić information content (AvgIpc) is 3.36. The molecule has 294 valence electrons. The van der Waals surface area contributed by atoms with Crippen molar-refractivity contribution in [1.29, 1.82) is 0 Å². The SMILES string of the molecule is C1=CC2Oc3c(-c4cc(-c5ccncc5)cc(-c5ccncc5)c4)ccc(-c4nc(-c5ccc(-c6ccccc6)cc5)nc(-c5cccc(-c6ccccc6)c5)n4)c3OC2C=C1. The third-order valence-corrected chi connectivity index (χ3v) is 11.3. The van der Waals surface area contributed by atoms with E-state index >= 15 is 0 Å². The largest absolute Gasteiger partial charge is 0.478 e. The Morgan fingerprint density at radius 3 is 1.34 bits per heavy atom. The standard InChI is InChI=1S/C55H37N5O2/c1-3-10-36(11-4-1)38-18-20-41(21-19-38)53-58-54(43-15-9-14-42(32-43)37-12-5-2-6-13-37)60-55(59-53)48-23-22-47(51-52(48)62-50-17-8-7-16-49(50)61-51)46-34-44(39-24-28-56-29-25-39)33-45(35-46)40-26-30-57-31-27-40/h1-35,49-50H. The lowest BCUT2D eigenvalue weighted by Gasteiger charge is -2.34. The van der Waals surface area contributed by atoms with Crippen molar-refractivity contribution in [2.24, 2.45) is 0 Å². The van der Waals surface area contributed by atoms with Crippen molar-refractivity contribution in [1.82, 2.24) is 24.9 Å². The molecule has 7 heteroatoms. The van der Waals surface area contributed by atoms with Gasteiger partial charge in [0.2, 0.25) is 0 Å². The molecule has 0 spiro atoms. The number of rotatable bonds is 8. The van der Waals surface area contributed by atoms with Crippen LogP contribution < -0.4 is 9.47 Å². The number of allylic oxidation sites excluding steroid dienone is 2. The van der Waals surface area contributed by atoms with Gasteiger partial charge in [-0.15, -0.1) is 0 Å². The number of pyridine rings is 2. The Bertz CT molecular complexity index is 3060. The number of hydrogen-bond donors (Lipinski definition) is 0. The first-order valence-electron chi connectivity index (χ1n) is 20.6. The second-order valence-corrected chi connectivity index (χ2v) is 15.2. The molecule has 0 amide bonds. The predicted octanol–water partition coefficient (Wildman–Crippen LogP) is 12.6. The Kier molecular flexibility index (Phi) is 9.52. The first-order valence-corrected chi connectivity index (χ1v) is 20.6. The molecule has 9 aromatic rings. The fourth-order valence-electron chi connectivity index (χ4n) is 8.12. The molecule has 6 aromatic carbocycles. The molecule has 4 heterocycles. The molecule has 0 fully saturated rings. The molecule has 0 bridgehead atoms. The monoisotopic (exact) mass is 799 g/mol. The lowest BCUT2D eigenvalue weighted by molar-refractivity contribution is 0.0769. The van der Waals surface area contributed by atoms with Crippen LogP contribution in [0.4, 0.5) is 0 Å². The maximum atomic E-state index is 6.97. The van der Waals surface area contributed by atoms with Gasteiger partial charge in [-0.05, 0) is 123 Å². The highest BCUT2D eigenvalue weighted by Crippen LogP contribution is 2.49. The third-order valence-electron chi connectivity index (χ3n) is 11.3. The van der Waals surface area contributed by atoms with E-state index < -0.39 is 0 Å². The van der Waals surface area contributed by atoms with Crippen LogP contribution in [0.25, 0.3) is 89.8 Å². The van der Waals surface area contributed by atoms with Crippen LogP contribution in [0, 0.1) is 0 Å². The van der Waals surface area contributed by atoms with Gasteiger partial charge in [-0.2, -0.15) is 0 Å². The molecule has 2 unspecified atom stereocenters. The smallest absolute Gasteiger partial charge is 0.174 e. The number of nitrogens with zero attached hydrogens (tertiary/aromatic N) is 5. The summed E-state index contributed by atoms with van der Waals surface area (Å²) in [6.07, 6.45) is 14.7. The summed E-state index contributed by atoms with van der Waals surface area (Å²) >= 11 is 0. The normalized spacial score (nSPS) is 14.9. The number of ether oxygens (including phenoxy) is 2. The van der Waals surface area contributed by atoms with E-state index in [9.17, 15) is 0 Å². The summed E-state index contributed by atoms with van der Waals surface area (Å²) in [5.41, 5.74) is 12.9. The van der Waals surface area contributed by atoms with Gasteiger partial charge < -0.3 is 9.47 Å². The summed E-state index contributed by atoms with van der Waals surface area (Å²) in [7, 11) is 0. The van der Waals surface area contributed by atoms with E-state index in [0.717, 1.165) is 66.8 Å². The van der Waals surface area contributed by atoms with Crippen molar-refractivity contribution >= 4 is 0 Å². The molecule has 7 nitrogen and oxygen atoms in total. The van der Waals surface area contributed by atoms with Crippen LogP contribution in [-0.4, -0.2) is 37.1 Å². The van der Waals surface area contributed by atoms with Crippen LogP contribution in [0.1, 0.15) is 0 Å². The van der Waals surface area contributed by atoms with Crippen LogP contribution >= 0.6 is 0 Å². The lowest BCUT2D eigenvalue weighted by atomic mass is 9.92. The van der Waals surface area contributed by atoms with Gasteiger partial charge in [0.25, 0.3) is 0 Å². The molecule has 2 atom stereocenters. The van der Waals surface area contributed by atoms with E-state index in [0.29, 0.717) is 34.5 Å². The minimum absolute atomic E-state index is 0.321. The van der Waals surface area contributed by atoms with E-state index in [1.165, 1.54) is 0 Å². The van der Waals surface area contributed by atoms with E-state index in [1.54, 1.807) is 0 Å². The Morgan fingerprint density at radius 1 is 0.306 bits per heavy atom. The maximum absolute atomic E-state index is 6.97. The summed E-state index contributed by atoms with van der Waals surface area (Å²) in [5, 5.41) is 0. The topological polar surface area (TPSA) is 82.9 Å². The first-order chi connectivity index (χ1) is 30.7. The number of benzene rings is 6. The number of hydrogen-bond acceptors (Lipinski definition) is 7. The van der Waals surface area contributed by atoms with Gasteiger partial charge in [0.1, 0.15) is 0 Å². The van der Waals surface area contributed by atoms with Crippen LogP contribution in [0.15, 0.2) is 213 Å². The van der Waals surface area contributed by atoms with Gasteiger partial charge >= 0.3 is 0 Å². The van der Waals surface area contributed by atoms with Crippen molar-refractivity contribution in [3.05, 3.63) is 213 Å². The van der Waals surface area contributed by atoms with Crippen molar-refractivity contribution in [3.8, 4) is 101 Å². The van der Waals surface area contributed by atoms with Crippen LogP contribution in [0.5, 0.6) is 11.5 Å². The van der Waals surface area contributed by atoms with Crippen molar-refractivity contribution in [2.45, 2.75) is 12.2 Å². The van der Waals surface area contributed by atoms with E-state index in [-0.39, 0.29) is 12.2 Å². The first kappa shape index (κ1) is 36.8. The van der Waals surface area contributed by atoms with E-state index in [4.69, 9.17) is 24.4 Å². The Hall–Kier alpha value is -8.29. The summed E-state index contributed by atoms with van der Waals surface area (Å²) in [4.78, 5) is 24.1. The molecule has 1 aliphatic carbocycles. The zero-order valence-electron chi connectivity index (χ0n) is 33.4.